The van der Waals surface area contributed by atoms with E-state index in [0.29, 0.717) is 10.0 Å². The summed E-state index contributed by atoms with van der Waals surface area (Å²) in [5, 5.41) is 2.54. The largest absolute Gasteiger partial charge is 0.469 e. The van der Waals surface area contributed by atoms with Crippen molar-refractivity contribution in [2.45, 2.75) is 30.3 Å². The lowest BCUT2D eigenvalue weighted by Gasteiger charge is -2.40. The van der Waals surface area contributed by atoms with Crippen LogP contribution in [0.3, 0.4) is 0 Å². The van der Waals surface area contributed by atoms with Gasteiger partial charge in [0.25, 0.3) is 5.91 Å². The standard InChI is InChI=1S/C25H27ClN4O5S2/c1-28-8-7-21-22(15-28)36-24(27-21)25(32)30-10-9-29(14-19(30)13-23(31)35-2)37(33,34)20-6-4-16-11-18(26)5-3-17(16)12-20/h3-6,11-12,19H,7-10,13-15H2,1-2H3. The van der Waals surface area contributed by atoms with Crippen molar-refractivity contribution >= 4 is 55.6 Å². The number of methoxy groups -OCH3 is 1. The third kappa shape index (κ3) is 5.23. The number of rotatable bonds is 5. The molecule has 0 radical (unpaired) electrons. The Kier molecular flexibility index (Phi) is 7.25. The van der Waals surface area contributed by atoms with Gasteiger partial charge in [0, 0.05) is 49.0 Å². The minimum atomic E-state index is -3.87. The number of amides is 1. The molecule has 2 aliphatic heterocycles. The molecule has 12 heteroatoms. The Balaban J connectivity index is 1.40. The van der Waals surface area contributed by atoms with Crippen molar-refractivity contribution in [3.8, 4) is 0 Å². The molecule has 2 aliphatic rings. The number of thiazole rings is 1. The van der Waals surface area contributed by atoms with Gasteiger partial charge in [-0.1, -0.05) is 23.7 Å². The molecule has 2 aromatic carbocycles. The average Bonchev–Trinajstić information content (AvgIpc) is 3.31. The molecule has 1 fully saturated rings. The molecule has 0 spiro atoms. The topological polar surface area (TPSA) is 100 Å². The molecule has 9 nitrogen and oxygen atoms in total. The van der Waals surface area contributed by atoms with Gasteiger partial charge >= 0.3 is 5.97 Å². The zero-order chi connectivity index (χ0) is 26.3. The van der Waals surface area contributed by atoms with Gasteiger partial charge in [-0.15, -0.1) is 11.3 Å². The zero-order valence-corrected chi connectivity index (χ0v) is 22.9. The second-order valence-corrected chi connectivity index (χ2v) is 12.8. The lowest BCUT2D eigenvalue weighted by molar-refractivity contribution is -0.142. The van der Waals surface area contributed by atoms with Gasteiger partial charge in [-0.3, -0.25) is 9.59 Å². The van der Waals surface area contributed by atoms with Crippen LogP contribution >= 0.6 is 22.9 Å². The molecule has 1 amide bonds. The average molecular weight is 563 g/mol. The number of halogens is 1. The number of sulfonamides is 1. The first kappa shape index (κ1) is 26.1. The molecule has 196 valence electrons. The van der Waals surface area contributed by atoms with E-state index < -0.39 is 22.0 Å². The van der Waals surface area contributed by atoms with E-state index in [1.165, 1.54) is 22.8 Å². The van der Waals surface area contributed by atoms with Crippen molar-refractivity contribution in [2.24, 2.45) is 0 Å². The van der Waals surface area contributed by atoms with Gasteiger partial charge in [0.1, 0.15) is 0 Å². The van der Waals surface area contributed by atoms with E-state index in [4.69, 9.17) is 16.3 Å². The Bertz CT molecular complexity index is 1470. The van der Waals surface area contributed by atoms with E-state index in [-0.39, 0.29) is 36.9 Å². The molecular weight excluding hydrogens is 536 g/mol. The second-order valence-electron chi connectivity index (χ2n) is 9.33. The summed E-state index contributed by atoms with van der Waals surface area (Å²) in [4.78, 5) is 35.3. The summed E-state index contributed by atoms with van der Waals surface area (Å²) in [6.45, 7) is 1.87. The highest BCUT2D eigenvalue weighted by molar-refractivity contribution is 7.89. The molecule has 0 saturated carbocycles. The van der Waals surface area contributed by atoms with Gasteiger partial charge in [-0.05, 0) is 42.1 Å². The molecule has 0 bridgehead atoms. The predicted molar refractivity (Wildman–Crippen MR) is 141 cm³/mol. The van der Waals surface area contributed by atoms with Gasteiger partial charge < -0.3 is 14.5 Å². The normalized spacial score (nSPS) is 19.1. The van der Waals surface area contributed by atoms with Crippen LogP contribution in [0.5, 0.6) is 0 Å². The van der Waals surface area contributed by atoms with E-state index >= 15 is 0 Å². The van der Waals surface area contributed by atoms with Crippen molar-refractivity contribution in [3.63, 3.8) is 0 Å². The van der Waals surface area contributed by atoms with Crippen LogP contribution in [0.15, 0.2) is 41.3 Å². The molecule has 3 aromatic rings. The Hall–Kier alpha value is -2.57. The molecule has 3 heterocycles. The SMILES string of the molecule is COC(=O)CC1CN(S(=O)(=O)c2ccc3cc(Cl)ccc3c2)CCN1C(=O)c1nc2c(s1)CN(C)CC2. The summed E-state index contributed by atoms with van der Waals surface area (Å²) in [7, 11) is -0.564. The van der Waals surface area contributed by atoms with Crippen LogP contribution in [0.4, 0.5) is 0 Å². The van der Waals surface area contributed by atoms with E-state index in [0.717, 1.165) is 40.9 Å². The summed E-state index contributed by atoms with van der Waals surface area (Å²) in [5.74, 6) is -0.791. The molecule has 1 atom stereocenters. The van der Waals surface area contributed by atoms with Gasteiger partial charge in [-0.2, -0.15) is 4.31 Å². The fourth-order valence-corrected chi connectivity index (χ4v) is 7.63. The van der Waals surface area contributed by atoms with Gasteiger partial charge in [0.05, 0.1) is 30.2 Å². The molecule has 1 aromatic heterocycles. The van der Waals surface area contributed by atoms with Crippen molar-refractivity contribution in [1.82, 2.24) is 19.1 Å². The number of carbonyl (C=O) groups is 2. The Morgan fingerprint density at radius 2 is 1.89 bits per heavy atom. The smallest absolute Gasteiger partial charge is 0.307 e. The van der Waals surface area contributed by atoms with Crippen LogP contribution in [0.1, 0.15) is 26.8 Å². The summed E-state index contributed by atoms with van der Waals surface area (Å²) >= 11 is 7.43. The Labute approximate surface area is 224 Å². The van der Waals surface area contributed by atoms with Crippen LogP contribution in [0.25, 0.3) is 10.8 Å². The maximum atomic E-state index is 13.6. The number of hydrogen-bond donors (Lipinski definition) is 0. The van der Waals surface area contributed by atoms with Crippen molar-refractivity contribution in [3.05, 3.63) is 57.0 Å². The van der Waals surface area contributed by atoms with Crippen LogP contribution in [0.2, 0.25) is 5.02 Å². The molecule has 1 unspecified atom stereocenters. The number of carbonyl (C=O) groups excluding carboxylic acids is 2. The van der Waals surface area contributed by atoms with Gasteiger partial charge in [0.15, 0.2) is 5.01 Å². The number of piperazine rings is 1. The van der Waals surface area contributed by atoms with Crippen LogP contribution in [-0.2, 0) is 32.5 Å². The summed E-state index contributed by atoms with van der Waals surface area (Å²) in [6, 6.07) is 9.49. The number of hydrogen-bond acceptors (Lipinski definition) is 8. The minimum Gasteiger partial charge on any atom is -0.469 e. The molecule has 0 aliphatic carbocycles. The van der Waals surface area contributed by atoms with Crippen LogP contribution in [-0.4, -0.2) is 85.8 Å². The number of benzene rings is 2. The van der Waals surface area contributed by atoms with Gasteiger partial charge in [-0.25, -0.2) is 13.4 Å². The monoisotopic (exact) mass is 562 g/mol. The number of likely N-dealkylation sites (N-methyl/N-ethyl adjacent to an activating group) is 1. The van der Waals surface area contributed by atoms with Gasteiger partial charge in [0.2, 0.25) is 10.0 Å². The van der Waals surface area contributed by atoms with E-state index in [9.17, 15) is 18.0 Å². The third-order valence-electron chi connectivity index (χ3n) is 6.85. The first-order valence-corrected chi connectivity index (χ1v) is 14.5. The fraction of sp³-hybridized carbons (Fsp3) is 0.400. The molecular formula is C25H27ClN4O5S2. The number of ether oxygens (including phenoxy) is 1. The Morgan fingerprint density at radius 3 is 2.68 bits per heavy atom. The van der Waals surface area contributed by atoms with Crippen molar-refractivity contribution in [2.75, 3.05) is 40.3 Å². The van der Waals surface area contributed by atoms with Crippen molar-refractivity contribution in [1.29, 1.82) is 0 Å². The number of fused-ring (bicyclic) bond motifs is 2. The fourth-order valence-electron chi connectivity index (χ4n) is 4.80. The number of aromatic nitrogens is 1. The summed E-state index contributed by atoms with van der Waals surface area (Å²) < 4.78 is 33.3. The van der Waals surface area contributed by atoms with E-state index in [1.54, 1.807) is 41.3 Å². The first-order valence-electron chi connectivity index (χ1n) is 11.9. The molecule has 37 heavy (non-hydrogen) atoms. The van der Waals surface area contributed by atoms with E-state index in [2.05, 4.69) is 9.88 Å². The summed E-state index contributed by atoms with van der Waals surface area (Å²) in [6.07, 6.45) is 0.670. The molecule has 1 saturated heterocycles. The second kappa shape index (κ2) is 10.3. The molecule has 0 N–H and O–H groups in total. The Morgan fingerprint density at radius 1 is 1.14 bits per heavy atom. The maximum Gasteiger partial charge on any atom is 0.307 e. The maximum absolute atomic E-state index is 13.6. The zero-order valence-electron chi connectivity index (χ0n) is 20.5. The highest BCUT2D eigenvalue weighted by atomic mass is 35.5. The highest BCUT2D eigenvalue weighted by Gasteiger charge is 2.39. The summed E-state index contributed by atoms with van der Waals surface area (Å²) in [5.41, 5.74) is 0.940. The van der Waals surface area contributed by atoms with Crippen LogP contribution < -0.4 is 0 Å². The minimum absolute atomic E-state index is 0.0182. The lowest BCUT2D eigenvalue weighted by atomic mass is 10.1. The number of nitrogens with zero attached hydrogens (tertiary/aromatic N) is 4. The number of esters is 1. The quantitative estimate of drug-likeness (QED) is 0.441. The first-order chi connectivity index (χ1) is 17.7. The van der Waals surface area contributed by atoms with Crippen LogP contribution in [0, 0.1) is 0 Å². The lowest BCUT2D eigenvalue weighted by Crippen LogP contribution is -2.57. The van der Waals surface area contributed by atoms with E-state index in [1.807, 2.05) is 7.05 Å². The highest BCUT2D eigenvalue weighted by Crippen LogP contribution is 2.29. The predicted octanol–water partition coefficient (Wildman–Crippen LogP) is 3.02. The van der Waals surface area contributed by atoms with Crippen molar-refractivity contribution < 1.29 is 22.7 Å². The molecule has 5 rings (SSSR count). The third-order valence-corrected chi connectivity index (χ3v) is 10.0.